The minimum absolute atomic E-state index is 0.109. The maximum absolute atomic E-state index is 12.8. The molecular weight excluding hydrogens is 421 g/mol. The molecule has 1 saturated heterocycles. The highest BCUT2D eigenvalue weighted by molar-refractivity contribution is 6.42. The number of nitrogens with zero attached hydrogens (tertiary/aromatic N) is 2. The maximum Gasteiger partial charge on any atom is 0.318 e. The second kappa shape index (κ2) is 11.0. The molecule has 0 saturated carbocycles. The van der Waals surface area contributed by atoms with Crippen LogP contribution in [0.3, 0.4) is 0 Å². The van der Waals surface area contributed by atoms with Gasteiger partial charge >= 0.3 is 6.03 Å². The third-order valence-corrected chi connectivity index (χ3v) is 6.39. The number of hydrogen-bond acceptors (Lipinski definition) is 3. The summed E-state index contributed by atoms with van der Waals surface area (Å²) < 4.78 is 6.16. The summed E-state index contributed by atoms with van der Waals surface area (Å²) in [6.45, 7) is 1.71. The number of rotatable bonds is 7. The number of hydrogen-bond donors (Lipinski definition) is 1. The minimum atomic E-state index is -0.419. The highest BCUT2D eigenvalue weighted by atomic mass is 35.5. The number of carbonyl (C=O) groups is 1. The molecule has 1 aliphatic heterocycles. The molecule has 7 heteroatoms. The fourth-order valence-corrected chi connectivity index (χ4v) is 4.22. The van der Waals surface area contributed by atoms with E-state index in [1.165, 1.54) is 6.42 Å². The number of halogens is 2. The SMILES string of the molecule is CN1CCCCC1N(C)C(=O)NCC(OCc1ccccc1)c1cccc(Cl)c1Cl. The van der Waals surface area contributed by atoms with Crippen molar-refractivity contribution in [2.75, 3.05) is 27.2 Å². The summed E-state index contributed by atoms with van der Waals surface area (Å²) in [7, 11) is 3.90. The molecule has 1 aliphatic rings. The average molecular weight is 450 g/mol. The molecule has 1 N–H and O–H groups in total. The normalized spacial score (nSPS) is 18.1. The summed E-state index contributed by atoms with van der Waals surface area (Å²) in [6.07, 6.45) is 2.97. The molecule has 0 spiro atoms. The van der Waals surface area contributed by atoms with E-state index < -0.39 is 6.10 Å². The van der Waals surface area contributed by atoms with Crippen LogP contribution in [-0.2, 0) is 11.3 Å². The van der Waals surface area contributed by atoms with E-state index in [0.29, 0.717) is 23.2 Å². The first-order chi connectivity index (χ1) is 14.5. The van der Waals surface area contributed by atoms with Crippen molar-refractivity contribution in [2.24, 2.45) is 0 Å². The number of urea groups is 1. The third kappa shape index (κ3) is 5.88. The van der Waals surface area contributed by atoms with E-state index in [1.54, 1.807) is 11.0 Å². The largest absolute Gasteiger partial charge is 0.367 e. The van der Waals surface area contributed by atoms with Crippen molar-refractivity contribution in [1.29, 1.82) is 0 Å². The van der Waals surface area contributed by atoms with E-state index in [4.69, 9.17) is 27.9 Å². The van der Waals surface area contributed by atoms with Gasteiger partial charge in [-0.1, -0.05) is 65.7 Å². The van der Waals surface area contributed by atoms with Gasteiger partial charge in [-0.05, 0) is 44.5 Å². The van der Waals surface area contributed by atoms with Gasteiger partial charge in [0.1, 0.15) is 6.10 Å². The summed E-state index contributed by atoms with van der Waals surface area (Å²) in [5.74, 6) is 0. The molecule has 0 aliphatic carbocycles. The van der Waals surface area contributed by atoms with Crippen molar-refractivity contribution in [3.05, 3.63) is 69.7 Å². The lowest BCUT2D eigenvalue weighted by atomic mass is 10.1. The molecule has 0 aromatic heterocycles. The van der Waals surface area contributed by atoms with Crippen molar-refractivity contribution >= 4 is 29.2 Å². The molecule has 0 bridgehead atoms. The van der Waals surface area contributed by atoms with Crippen molar-refractivity contribution in [2.45, 2.75) is 38.1 Å². The Kier molecular flexibility index (Phi) is 8.40. The Bertz CT molecular complexity index is 834. The molecule has 2 amide bonds. The van der Waals surface area contributed by atoms with Crippen LogP contribution in [0.2, 0.25) is 10.0 Å². The summed E-state index contributed by atoms with van der Waals surface area (Å²) in [4.78, 5) is 16.8. The Balaban J connectivity index is 1.68. The number of piperidine rings is 1. The topological polar surface area (TPSA) is 44.8 Å². The van der Waals surface area contributed by atoms with Crippen LogP contribution < -0.4 is 5.32 Å². The first-order valence-electron chi connectivity index (χ1n) is 10.3. The van der Waals surface area contributed by atoms with Gasteiger partial charge < -0.3 is 15.0 Å². The standard InChI is InChI=1S/C23H29Cl2N3O2/c1-27-14-7-6-13-21(27)28(2)23(29)26-15-20(18-11-8-12-19(24)22(18)25)30-16-17-9-4-3-5-10-17/h3-5,8-12,20-21H,6-7,13-16H2,1-2H3,(H,26,29). The quantitative estimate of drug-likeness (QED) is 0.620. The van der Waals surface area contributed by atoms with Crippen LogP contribution in [0.25, 0.3) is 0 Å². The van der Waals surface area contributed by atoms with Gasteiger partial charge in [0.25, 0.3) is 0 Å². The van der Waals surface area contributed by atoms with Gasteiger partial charge in [-0.2, -0.15) is 0 Å². The van der Waals surface area contributed by atoms with E-state index in [0.717, 1.165) is 30.5 Å². The highest BCUT2D eigenvalue weighted by Crippen LogP contribution is 2.32. The fraction of sp³-hybridized carbons (Fsp3) is 0.435. The smallest absolute Gasteiger partial charge is 0.318 e. The van der Waals surface area contributed by atoms with Crippen molar-refractivity contribution in [3.8, 4) is 0 Å². The van der Waals surface area contributed by atoms with Gasteiger partial charge in [0.2, 0.25) is 0 Å². The second-order valence-corrected chi connectivity index (χ2v) is 8.47. The van der Waals surface area contributed by atoms with E-state index >= 15 is 0 Å². The van der Waals surface area contributed by atoms with Crippen LogP contribution in [-0.4, -0.2) is 49.2 Å². The second-order valence-electron chi connectivity index (χ2n) is 7.68. The van der Waals surface area contributed by atoms with Gasteiger partial charge in [0.15, 0.2) is 0 Å². The molecule has 30 heavy (non-hydrogen) atoms. The zero-order valence-corrected chi connectivity index (χ0v) is 19.0. The summed E-state index contributed by atoms with van der Waals surface area (Å²) in [5, 5.41) is 3.93. The molecule has 0 radical (unpaired) electrons. The lowest BCUT2D eigenvalue weighted by molar-refractivity contribution is 0.0367. The number of benzene rings is 2. The van der Waals surface area contributed by atoms with Crippen LogP contribution in [0.15, 0.2) is 48.5 Å². The minimum Gasteiger partial charge on any atom is -0.367 e. The predicted molar refractivity (Wildman–Crippen MR) is 122 cm³/mol. The molecule has 3 rings (SSSR count). The Morgan fingerprint density at radius 2 is 1.97 bits per heavy atom. The fourth-order valence-electron chi connectivity index (χ4n) is 3.79. The Hall–Kier alpha value is -1.79. The van der Waals surface area contributed by atoms with Gasteiger partial charge in [0, 0.05) is 19.2 Å². The monoisotopic (exact) mass is 449 g/mol. The van der Waals surface area contributed by atoms with Crippen molar-refractivity contribution < 1.29 is 9.53 Å². The van der Waals surface area contributed by atoms with Crippen LogP contribution >= 0.6 is 23.2 Å². The zero-order chi connectivity index (χ0) is 21.5. The lowest BCUT2D eigenvalue weighted by Crippen LogP contribution is -2.53. The Morgan fingerprint density at radius 3 is 2.70 bits per heavy atom. The first-order valence-corrected chi connectivity index (χ1v) is 11.0. The Morgan fingerprint density at radius 1 is 1.20 bits per heavy atom. The molecule has 5 nitrogen and oxygen atoms in total. The number of carbonyl (C=O) groups excluding carboxylic acids is 1. The predicted octanol–water partition coefficient (Wildman–Crippen LogP) is 5.33. The van der Waals surface area contributed by atoms with E-state index in [-0.39, 0.29) is 12.2 Å². The molecule has 2 unspecified atom stereocenters. The van der Waals surface area contributed by atoms with Gasteiger partial charge in [-0.25, -0.2) is 4.79 Å². The average Bonchev–Trinajstić information content (AvgIpc) is 2.76. The number of likely N-dealkylation sites (tertiary alicyclic amines) is 1. The Labute approximate surface area is 188 Å². The summed E-state index contributed by atoms with van der Waals surface area (Å²) >= 11 is 12.7. The molecule has 1 heterocycles. The molecule has 2 aromatic rings. The van der Waals surface area contributed by atoms with Crippen molar-refractivity contribution in [3.63, 3.8) is 0 Å². The zero-order valence-electron chi connectivity index (χ0n) is 17.5. The maximum atomic E-state index is 12.8. The number of ether oxygens (including phenoxy) is 1. The van der Waals surface area contributed by atoms with E-state index in [1.807, 2.05) is 49.5 Å². The van der Waals surface area contributed by atoms with Crippen LogP contribution in [0.5, 0.6) is 0 Å². The van der Waals surface area contributed by atoms with Gasteiger partial charge in [0.05, 0.1) is 22.8 Å². The molecular formula is C23H29Cl2N3O2. The van der Waals surface area contributed by atoms with E-state index in [9.17, 15) is 4.79 Å². The van der Waals surface area contributed by atoms with E-state index in [2.05, 4.69) is 17.3 Å². The molecule has 2 atom stereocenters. The van der Waals surface area contributed by atoms with Crippen LogP contribution in [0, 0.1) is 0 Å². The molecule has 1 fully saturated rings. The summed E-state index contributed by atoms with van der Waals surface area (Å²) in [5.41, 5.74) is 1.81. The summed E-state index contributed by atoms with van der Waals surface area (Å²) in [6, 6.07) is 15.3. The van der Waals surface area contributed by atoms with Gasteiger partial charge in [-0.15, -0.1) is 0 Å². The van der Waals surface area contributed by atoms with Crippen LogP contribution in [0.1, 0.15) is 36.5 Å². The van der Waals surface area contributed by atoms with Crippen molar-refractivity contribution in [1.82, 2.24) is 15.1 Å². The number of amides is 2. The number of nitrogens with one attached hydrogen (secondary N) is 1. The molecule has 2 aromatic carbocycles. The van der Waals surface area contributed by atoms with Crippen LogP contribution in [0.4, 0.5) is 4.79 Å². The first kappa shape index (κ1) is 22.9. The third-order valence-electron chi connectivity index (χ3n) is 5.56. The molecule has 162 valence electrons. The highest BCUT2D eigenvalue weighted by Gasteiger charge is 2.27. The van der Waals surface area contributed by atoms with Gasteiger partial charge in [-0.3, -0.25) is 4.90 Å². The lowest BCUT2D eigenvalue weighted by Gasteiger charge is -2.38.